The second kappa shape index (κ2) is 9.08. The average molecular weight is 566 g/mol. The molecule has 4 aliphatic carbocycles. The monoisotopic (exact) mass is 565 g/mol. The molecule has 4 aliphatic rings. The first-order valence-corrected chi connectivity index (χ1v) is 14.3. The van der Waals surface area contributed by atoms with Gasteiger partial charge in [-0.3, -0.25) is 0 Å². The molecular formula is C30H29Cl2N3O4. The molecule has 0 saturated heterocycles. The Morgan fingerprint density at radius 3 is 2.44 bits per heavy atom. The second-order valence-corrected chi connectivity index (χ2v) is 12.3. The maximum absolute atomic E-state index is 11.6. The Hall–Kier alpha value is -2.87. The number of carboxylic acid groups (broad SMARTS) is 1. The minimum atomic E-state index is -0.928. The van der Waals surface area contributed by atoms with E-state index >= 15 is 0 Å². The molecule has 202 valence electrons. The Kier molecular flexibility index (Phi) is 5.85. The maximum Gasteiger partial charge on any atom is 0.337 e. The summed E-state index contributed by atoms with van der Waals surface area (Å²) in [4.78, 5) is 16.6. The van der Waals surface area contributed by atoms with Crippen LogP contribution in [-0.4, -0.2) is 31.4 Å². The van der Waals surface area contributed by atoms with Gasteiger partial charge in [0.05, 0.1) is 27.8 Å². The van der Waals surface area contributed by atoms with Gasteiger partial charge in [0.15, 0.2) is 0 Å². The van der Waals surface area contributed by atoms with Crippen LogP contribution in [0.4, 0.5) is 0 Å². The van der Waals surface area contributed by atoms with Crippen molar-refractivity contribution in [3.05, 3.63) is 69.2 Å². The fraction of sp³-hybridized carbons (Fsp3) is 0.433. The molecule has 0 spiro atoms. The smallest absolute Gasteiger partial charge is 0.337 e. The minimum Gasteiger partial charge on any atom is -0.478 e. The summed E-state index contributed by atoms with van der Waals surface area (Å²) in [5, 5.41) is 15.8. The first kappa shape index (κ1) is 25.1. The van der Waals surface area contributed by atoms with E-state index in [1.54, 1.807) is 6.20 Å². The topological polar surface area (TPSA) is 90.4 Å². The molecule has 1 N–H and O–H groups in total. The minimum absolute atomic E-state index is 0.000421. The molecule has 0 amide bonds. The summed E-state index contributed by atoms with van der Waals surface area (Å²) in [7, 11) is 1.86. The summed E-state index contributed by atoms with van der Waals surface area (Å²) < 4.78 is 14.4. The number of carboxylic acids is 1. The van der Waals surface area contributed by atoms with E-state index in [9.17, 15) is 9.90 Å². The zero-order chi connectivity index (χ0) is 26.9. The van der Waals surface area contributed by atoms with Crippen LogP contribution < -0.4 is 0 Å². The molecule has 9 heteroatoms. The zero-order valence-electron chi connectivity index (χ0n) is 21.7. The third-order valence-electron chi connectivity index (χ3n) is 9.26. The number of fused-ring (bicyclic) bond motifs is 4. The van der Waals surface area contributed by atoms with Gasteiger partial charge in [0.25, 0.3) is 0 Å². The molecule has 4 saturated carbocycles. The zero-order valence-corrected chi connectivity index (χ0v) is 23.2. The van der Waals surface area contributed by atoms with Crippen molar-refractivity contribution in [2.75, 3.05) is 0 Å². The SMILES string of the molecule is Cn1cc(C(=O)O)c2ccc(C34CCC(OCc5c(-c6c(Cl)cccc6Cl)noc5C5CC5)(CC3)CC4)nc21. The van der Waals surface area contributed by atoms with Crippen LogP contribution in [0.3, 0.4) is 0 Å². The molecule has 2 bridgehead atoms. The normalized spacial score (nSPS) is 24.5. The Labute approximate surface area is 236 Å². The molecule has 0 atom stereocenters. The van der Waals surface area contributed by atoms with Crippen molar-refractivity contribution < 1.29 is 19.2 Å². The highest BCUT2D eigenvalue weighted by atomic mass is 35.5. The molecule has 0 radical (unpaired) electrons. The molecule has 3 aromatic heterocycles. The molecule has 4 fully saturated rings. The van der Waals surface area contributed by atoms with Crippen molar-refractivity contribution in [2.45, 2.75) is 74.9 Å². The van der Waals surface area contributed by atoms with Gasteiger partial charge in [0.1, 0.15) is 17.1 Å². The number of ether oxygens (including phenoxy) is 1. The second-order valence-electron chi connectivity index (χ2n) is 11.5. The lowest BCUT2D eigenvalue weighted by molar-refractivity contribution is -0.127. The average Bonchev–Trinajstić information content (AvgIpc) is 3.62. The Bertz CT molecular complexity index is 1580. The van der Waals surface area contributed by atoms with Crippen molar-refractivity contribution in [3.63, 3.8) is 0 Å². The van der Waals surface area contributed by atoms with Gasteiger partial charge in [0, 0.05) is 46.8 Å². The quantitative estimate of drug-likeness (QED) is 0.247. The number of hydrogen-bond acceptors (Lipinski definition) is 5. The van der Waals surface area contributed by atoms with Crippen LogP contribution in [0.25, 0.3) is 22.3 Å². The Balaban J connectivity index is 1.13. The van der Waals surface area contributed by atoms with Gasteiger partial charge in [-0.1, -0.05) is 34.4 Å². The predicted molar refractivity (Wildman–Crippen MR) is 149 cm³/mol. The van der Waals surface area contributed by atoms with Crippen LogP contribution in [0, 0.1) is 0 Å². The largest absolute Gasteiger partial charge is 0.478 e. The lowest BCUT2D eigenvalue weighted by Gasteiger charge is -2.52. The van der Waals surface area contributed by atoms with Crippen LogP contribution in [0.5, 0.6) is 0 Å². The summed E-state index contributed by atoms with van der Waals surface area (Å²) >= 11 is 13.1. The number of aryl methyl sites for hydroxylation is 1. The number of rotatable bonds is 7. The molecule has 8 rings (SSSR count). The molecular weight excluding hydrogens is 537 g/mol. The van der Waals surface area contributed by atoms with Gasteiger partial charge in [-0.15, -0.1) is 0 Å². The maximum atomic E-state index is 11.6. The van der Waals surface area contributed by atoms with E-state index in [0.29, 0.717) is 44.8 Å². The standard InChI is InChI=1S/C30H29Cl2N3O4/c1-35-15-19(28(36)37)18-7-8-23(33-27(18)35)29-9-12-30(13-10-29,14-11-29)38-16-20-25(34-39-26(20)17-5-6-17)24-21(31)3-2-4-22(24)32/h2-4,7-8,15,17H,5-6,9-14,16H2,1H3,(H,36,37). The summed E-state index contributed by atoms with van der Waals surface area (Å²) in [6.45, 7) is 0.421. The van der Waals surface area contributed by atoms with E-state index in [1.165, 1.54) is 0 Å². The molecule has 0 unspecified atom stereocenters. The predicted octanol–water partition coefficient (Wildman–Crippen LogP) is 7.67. The van der Waals surface area contributed by atoms with E-state index in [0.717, 1.165) is 74.0 Å². The lowest BCUT2D eigenvalue weighted by Crippen LogP contribution is -2.50. The van der Waals surface area contributed by atoms with Crippen LogP contribution in [0.15, 0.2) is 41.1 Å². The van der Waals surface area contributed by atoms with Gasteiger partial charge in [-0.05, 0) is 75.6 Å². The number of halogens is 2. The van der Waals surface area contributed by atoms with E-state index < -0.39 is 5.97 Å². The van der Waals surface area contributed by atoms with Crippen molar-refractivity contribution in [1.82, 2.24) is 14.7 Å². The third kappa shape index (κ3) is 4.09. The summed E-state index contributed by atoms with van der Waals surface area (Å²) in [6, 6.07) is 9.44. The third-order valence-corrected chi connectivity index (χ3v) is 9.89. The van der Waals surface area contributed by atoms with Crippen molar-refractivity contribution >= 4 is 40.2 Å². The molecule has 0 aliphatic heterocycles. The fourth-order valence-corrected chi connectivity index (χ4v) is 7.32. The van der Waals surface area contributed by atoms with Gasteiger partial charge in [-0.2, -0.15) is 0 Å². The number of carbonyl (C=O) groups is 1. The highest BCUT2D eigenvalue weighted by molar-refractivity contribution is 6.39. The van der Waals surface area contributed by atoms with Gasteiger partial charge >= 0.3 is 5.97 Å². The number of aromatic nitrogens is 3. The van der Waals surface area contributed by atoms with E-state index in [1.807, 2.05) is 41.9 Å². The first-order chi connectivity index (χ1) is 18.8. The van der Waals surface area contributed by atoms with E-state index in [-0.39, 0.29) is 11.0 Å². The molecule has 7 nitrogen and oxygen atoms in total. The molecule has 3 heterocycles. The van der Waals surface area contributed by atoms with Gasteiger partial charge < -0.3 is 18.9 Å². The van der Waals surface area contributed by atoms with E-state index in [2.05, 4.69) is 5.16 Å². The molecule has 1 aromatic carbocycles. The Morgan fingerprint density at radius 1 is 1.10 bits per heavy atom. The number of pyridine rings is 1. The summed E-state index contributed by atoms with van der Waals surface area (Å²) in [5.74, 6) is 0.358. The summed E-state index contributed by atoms with van der Waals surface area (Å²) in [5.41, 5.74) is 4.25. The van der Waals surface area contributed by atoms with Crippen LogP contribution in [0.1, 0.15) is 84.7 Å². The Morgan fingerprint density at radius 2 is 1.79 bits per heavy atom. The van der Waals surface area contributed by atoms with E-state index in [4.69, 9.17) is 37.4 Å². The number of hydrogen-bond donors (Lipinski definition) is 1. The number of nitrogens with zero attached hydrogens (tertiary/aromatic N) is 3. The van der Waals surface area contributed by atoms with Crippen molar-refractivity contribution in [2.24, 2.45) is 7.05 Å². The highest BCUT2D eigenvalue weighted by Crippen LogP contribution is 2.55. The van der Waals surface area contributed by atoms with Crippen molar-refractivity contribution in [3.8, 4) is 11.3 Å². The number of benzene rings is 1. The van der Waals surface area contributed by atoms with Crippen LogP contribution in [0.2, 0.25) is 10.0 Å². The summed E-state index contributed by atoms with van der Waals surface area (Å²) in [6.07, 6.45) is 9.66. The molecule has 39 heavy (non-hydrogen) atoms. The fourth-order valence-electron chi connectivity index (χ4n) is 6.74. The lowest BCUT2D eigenvalue weighted by atomic mass is 9.57. The van der Waals surface area contributed by atoms with Crippen LogP contribution in [-0.2, 0) is 23.8 Å². The molecule has 4 aromatic rings. The first-order valence-electron chi connectivity index (χ1n) is 13.6. The highest BCUT2D eigenvalue weighted by Gasteiger charge is 2.51. The van der Waals surface area contributed by atoms with Crippen LogP contribution >= 0.6 is 23.2 Å². The van der Waals surface area contributed by atoms with Gasteiger partial charge in [0.2, 0.25) is 0 Å². The van der Waals surface area contributed by atoms with Gasteiger partial charge in [-0.25, -0.2) is 9.78 Å². The van der Waals surface area contributed by atoms with Crippen molar-refractivity contribution in [1.29, 1.82) is 0 Å². The number of aromatic carboxylic acids is 1.